The zero-order chi connectivity index (χ0) is 9.14. The molecule has 0 radical (unpaired) electrons. The van der Waals surface area contributed by atoms with Gasteiger partial charge in [-0.05, 0) is 25.1 Å². The monoisotopic (exact) mass is 165 g/mol. The quantitative estimate of drug-likeness (QED) is 0.188. The van der Waals surface area contributed by atoms with E-state index in [2.05, 4.69) is 5.10 Å². The van der Waals surface area contributed by atoms with Gasteiger partial charge in [-0.25, -0.2) is 0 Å². The van der Waals surface area contributed by atoms with E-state index in [1.165, 1.54) is 6.07 Å². The minimum absolute atomic E-state index is 0.135. The van der Waals surface area contributed by atoms with Crippen LogP contribution >= 0.6 is 0 Å². The number of nitrogens with zero attached hydrogens (tertiary/aromatic N) is 1. The van der Waals surface area contributed by atoms with Gasteiger partial charge in [-0.2, -0.15) is 5.10 Å². The molecular weight excluding hydrogens is 154 g/mol. The average Bonchev–Trinajstić information content (AvgIpc) is 2.08. The Morgan fingerprint density at radius 2 is 2.17 bits per heavy atom. The number of phenolic OH excluding ortho intramolecular Hbond substituents is 1. The van der Waals surface area contributed by atoms with E-state index in [9.17, 15) is 5.11 Å². The van der Waals surface area contributed by atoms with Crippen LogP contribution in [0.5, 0.6) is 5.75 Å². The highest BCUT2D eigenvalue weighted by atomic mass is 16.3. The van der Waals surface area contributed by atoms with Gasteiger partial charge in [0.25, 0.3) is 0 Å². The van der Waals surface area contributed by atoms with Crippen molar-refractivity contribution in [3.8, 4) is 5.75 Å². The molecular formula is C8H11N3O. The molecule has 4 nitrogen and oxygen atoms in total. The fourth-order valence-corrected chi connectivity index (χ4v) is 0.913. The van der Waals surface area contributed by atoms with Gasteiger partial charge in [-0.3, -0.25) is 0 Å². The average molecular weight is 165 g/mol. The summed E-state index contributed by atoms with van der Waals surface area (Å²) >= 11 is 0. The van der Waals surface area contributed by atoms with E-state index in [1.807, 2.05) is 0 Å². The lowest BCUT2D eigenvalue weighted by Crippen LogP contribution is -2.00. The number of nitrogens with two attached hydrogens (primary N) is 2. The molecule has 0 atom stereocenters. The van der Waals surface area contributed by atoms with Crippen LogP contribution in [0, 0.1) is 0 Å². The maximum absolute atomic E-state index is 9.34. The van der Waals surface area contributed by atoms with Gasteiger partial charge in [0, 0.05) is 11.3 Å². The highest BCUT2D eigenvalue weighted by molar-refractivity contribution is 6.01. The first kappa shape index (κ1) is 8.39. The normalized spacial score (nSPS) is 11.6. The second kappa shape index (κ2) is 3.13. The van der Waals surface area contributed by atoms with Crippen molar-refractivity contribution in [3.05, 3.63) is 23.8 Å². The van der Waals surface area contributed by atoms with Crippen LogP contribution in [0.1, 0.15) is 12.5 Å². The first-order chi connectivity index (χ1) is 5.65. The third-order valence-corrected chi connectivity index (χ3v) is 1.60. The van der Waals surface area contributed by atoms with E-state index in [4.69, 9.17) is 11.6 Å². The van der Waals surface area contributed by atoms with Crippen LogP contribution in [0.2, 0.25) is 0 Å². The molecule has 1 aromatic rings. The second-order valence-electron chi connectivity index (χ2n) is 2.49. The van der Waals surface area contributed by atoms with Crippen molar-refractivity contribution >= 4 is 11.4 Å². The number of phenols is 1. The van der Waals surface area contributed by atoms with Gasteiger partial charge < -0.3 is 16.7 Å². The largest absolute Gasteiger partial charge is 0.507 e. The Labute approximate surface area is 70.5 Å². The van der Waals surface area contributed by atoms with Crippen LogP contribution in [0.25, 0.3) is 0 Å². The number of rotatable bonds is 1. The van der Waals surface area contributed by atoms with Crippen LogP contribution in [0.3, 0.4) is 0 Å². The van der Waals surface area contributed by atoms with E-state index in [0.717, 1.165) is 0 Å². The number of hydrazone groups is 1. The smallest absolute Gasteiger partial charge is 0.124 e. The lowest BCUT2D eigenvalue weighted by molar-refractivity contribution is 0.474. The van der Waals surface area contributed by atoms with E-state index in [-0.39, 0.29) is 5.75 Å². The minimum atomic E-state index is 0.135. The molecule has 1 aromatic carbocycles. The fourth-order valence-electron chi connectivity index (χ4n) is 0.913. The molecule has 0 aliphatic carbocycles. The standard InChI is InChI=1S/C8H11N3O/c1-5(11-10)7-4-6(9)2-3-8(7)12/h2-4,12H,9-10H2,1H3/b11-5+. The summed E-state index contributed by atoms with van der Waals surface area (Å²) in [5.41, 5.74) is 7.21. The van der Waals surface area contributed by atoms with Crippen molar-refractivity contribution in [3.63, 3.8) is 0 Å². The van der Waals surface area contributed by atoms with Crippen LogP contribution in [-0.4, -0.2) is 10.8 Å². The second-order valence-corrected chi connectivity index (χ2v) is 2.49. The van der Waals surface area contributed by atoms with Gasteiger partial charge in [0.2, 0.25) is 0 Å². The molecule has 12 heavy (non-hydrogen) atoms. The summed E-state index contributed by atoms with van der Waals surface area (Å²) in [4.78, 5) is 0. The number of aromatic hydroxyl groups is 1. The molecule has 0 aromatic heterocycles. The molecule has 4 heteroatoms. The minimum Gasteiger partial charge on any atom is -0.507 e. The van der Waals surface area contributed by atoms with Crippen molar-refractivity contribution in [1.82, 2.24) is 0 Å². The summed E-state index contributed by atoms with van der Waals surface area (Å²) in [6.07, 6.45) is 0. The lowest BCUT2D eigenvalue weighted by atomic mass is 10.1. The van der Waals surface area contributed by atoms with Gasteiger partial charge in [0.05, 0.1) is 5.71 Å². The van der Waals surface area contributed by atoms with Crippen molar-refractivity contribution in [2.75, 3.05) is 5.73 Å². The number of nitrogen functional groups attached to an aromatic ring is 1. The summed E-state index contributed by atoms with van der Waals surface area (Å²) in [5.74, 6) is 5.19. The zero-order valence-corrected chi connectivity index (χ0v) is 6.78. The lowest BCUT2D eigenvalue weighted by Gasteiger charge is -2.03. The van der Waals surface area contributed by atoms with Crippen molar-refractivity contribution < 1.29 is 5.11 Å². The third kappa shape index (κ3) is 1.47. The number of benzene rings is 1. The maximum Gasteiger partial charge on any atom is 0.124 e. The van der Waals surface area contributed by atoms with Gasteiger partial charge in [0.15, 0.2) is 0 Å². The van der Waals surface area contributed by atoms with Crippen LogP contribution in [-0.2, 0) is 0 Å². The Morgan fingerprint density at radius 1 is 1.50 bits per heavy atom. The molecule has 5 N–H and O–H groups in total. The number of hydrogen-bond donors (Lipinski definition) is 3. The summed E-state index contributed by atoms with van der Waals surface area (Å²) in [6, 6.07) is 4.75. The Morgan fingerprint density at radius 3 is 2.75 bits per heavy atom. The molecule has 64 valence electrons. The summed E-state index contributed by atoms with van der Waals surface area (Å²) < 4.78 is 0. The van der Waals surface area contributed by atoms with Gasteiger partial charge in [-0.1, -0.05) is 0 Å². The Bertz CT molecular complexity index is 320. The number of anilines is 1. The van der Waals surface area contributed by atoms with Gasteiger partial charge in [0.1, 0.15) is 5.75 Å². The summed E-state index contributed by atoms with van der Waals surface area (Å²) in [6.45, 7) is 1.70. The molecule has 0 aliphatic rings. The van der Waals surface area contributed by atoms with Crippen molar-refractivity contribution in [1.29, 1.82) is 0 Å². The summed E-state index contributed by atoms with van der Waals surface area (Å²) in [7, 11) is 0. The molecule has 0 saturated heterocycles. The van der Waals surface area contributed by atoms with Crippen LogP contribution < -0.4 is 11.6 Å². The van der Waals surface area contributed by atoms with Crippen molar-refractivity contribution in [2.45, 2.75) is 6.92 Å². The highest BCUT2D eigenvalue weighted by Gasteiger charge is 2.03. The third-order valence-electron chi connectivity index (χ3n) is 1.60. The van der Waals surface area contributed by atoms with Crippen molar-refractivity contribution in [2.24, 2.45) is 10.9 Å². The Hall–Kier alpha value is -1.71. The van der Waals surface area contributed by atoms with E-state index in [0.29, 0.717) is 17.0 Å². The van der Waals surface area contributed by atoms with Gasteiger partial charge in [-0.15, -0.1) is 0 Å². The zero-order valence-electron chi connectivity index (χ0n) is 6.78. The fraction of sp³-hybridized carbons (Fsp3) is 0.125. The Kier molecular flexibility index (Phi) is 2.19. The molecule has 0 spiro atoms. The molecule has 0 heterocycles. The number of hydrogen-bond acceptors (Lipinski definition) is 4. The highest BCUT2D eigenvalue weighted by Crippen LogP contribution is 2.19. The molecule has 0 fully saturated rings. The first-order valence-electron chi connectivity index (χ1n) is 3.48. The van der Waals surface area contributed by atoms with Crippen LogP contribution in [0.4, 0.5) is 5.69 Å². The predicted molar refractivity (Wildman–Crippen MR) is 48.9 cm³/mol. The van der Waals surface area contributed by atoms with Gasteiger partial charge >= 0.3 is 0 Å². The first-order valence-corrected chi connectivity index (χ1v) is 3.48. The Balaban J connectivity index is 3.23. The molecule has 0 aliphatic heterocycles. The van der Waals surface area contributed by atoms with E-state index >= 15 is 0 Å². The topological polar surface area (TPSA) is 84.6 Å². The molecule has 1 rings (SSSR count). The summed E-state index contributed by atoms with van der Waals surface area (Å²) in [5, 5.41) is 12.8. The molecule has 0 unspecified atom stereocenters. The molecule has 0 amide bonds. The van der Waals surface area contributed by atoms with Crippen LogP contribution in [0.15, 0.2) is 23.3 Å². The van der Waals surface area contributed by atoms with E-state index < -0.39 is 0 Å². The SMILES string of the molecule is C/C(=N\N)c1cc(N)ccc1O. The predicted octanol–water partition coefficient (Wildman–Crippen LogP) is 0.657. The maximum atomic E-state index is 9.34. The van der Waals surface area contributed by atoms with E-state index in [1.54, 1.807) is 19.1 Å². The molecule has 0 saturated carbocycles. The molecule has 0 bridgehead atoms.